The van der Waals surface area contributed by atoms with Gasteiger partial charge in [-0.15, -0.1) is 11.3 Å². The van der Waals surface area contributed by atoms with Crippen LogP contribution in [-0.2, 0) is 6.54 Å². The van der Waals surface area contributed by atoms with Crippen LogP contribution in [0, 0.1) is 6.92 Å². The first-order valence-electron chi connectivity index (χ1n) is 10.2. The highest BCUT2D eigenvalue weighted by Crippen LogP contribution is 2.42. The Bertz CT molecular complexity index is 1230. The van der Waals surface area contributed by atoms with Gasteiger partial charge in [0.15, 0.2) is 5.82 Å². The van der Waals surface area contributed by atoms with Crippen LogP contribution in [0.5, 0.6) is 5.75 Å². The molecule has 0 spiro atoms. The van der Waals surface area contributed by atoms with Gasteiger partial charge in [0.1, 0.15) is 17.6 Å². The summed E-state index contributed by atoms with van der Waals surface area (Å²) < 4.78 is 8.57. The number of nitrogens with zero attached hydrogens (tertiary/aromatic N) is 3. The van der Waals surface area contributed by atoms with E-state index in [-0.39, 0.29) is 12.1 Å². The molecule has 3 aromatic heterocycles. The minimum atomic E-state index is -0.284. The van der Waals surface area contributed by atoms with E-state index in [4.69, 9.17) is 10.5 Å². The van der Waals surface area contributed by atoms with Crippen molar-refractivity contribution in [2.75, 3.05) is 12.8 Å². The van der Waals surface area contributed by atoms with Crippen LogP contribution >= 0.6 is 11.3 Å². The zero-order valence-electron chi connectivity index (χ0n) is 17.1. The summed E-state index contributed by atoms with van der Waals surface area (Å²) in [7, 11) is 1.70. The number of aliphatic hydroxyl groups is 1. The number of anilines is 1. The smallest absolute Gasteiger partial charge is 0.152 e. The lowest BCUT2D eigenvalue weighted by Gasteiger charge is -2.16. The average Bonchev–Trinajstić information content (AvgIpc) is 3.42. The topological polar surface area (TPSA) is 97.7 Å². The van der Waals surface area contributed by atoms with Crippen molar-refractivity contribution < 1.29 is 9.84 Å². The van der Waals surface area contributed by atoms with Gasteiger partial charge in [0.05, 0.1) is 23.6 Å². The van der Waals surface area contributed by atoms with Gasteiger partial charge in [-0.05, 0) is 55.3 Å². The first-order chi connectivity index (χ1) is 14.5. The van der Waals surface area contributed by atoms with Crippen LogP contribution in [0.1, 0.15) is 30.5 Å². The maximum Gasteiger partial charge on any atom is 0.152 e. The van der Waals surface area contributed by atoms with E-state index in [0.29, 0.717) is 12.4 Å². The van der Waals surface area contributed by atoms with E-state index in [1.807, 2.05) is 4.52 Å². The highest BCUT2D eigenvalue weighted by molar-refractivity contribution is 7.22. The van der Waals surface area contributed by atoms with Gasteiger partial charge in [-0.2, -0.15) is 5.10 Å². The van der Waals surface area contributed by atoms with E-state index >= 15 is 0 Å². The Balaban J connectivity index is 1.60. The standard InChI is InChI=1S/C22H25N5O2S/c1-12-6-13-8-19(30-21(13)18(7-12)29-2)15-9-14(10-24-16-4-3-5-17(16)28)27-20(15)22(23)25-11-26-27/h6-9,11,16-17,24,28H,3-5,10H2,1-2H3,(H2,23,25,26). The third-order valence-corrected chi connectivity index (χ3v) is 7.09. The summed E-state index contributed by atoms with van der Waals surface area (Å²) in [5, 5.41) is 19.2. The first-order valence-corrected chi connectivity index (χ1v) is 11.0. The number of hydrogen-bond donors (Lipinski definition) is 3. The van der Waals surface area contributed by atoms with E-state index in [1.54, 1.807) is 18.4 Å². The van der Waals surface area contributed by atoms with Gasteiger partial charge in [0.2, 0.25) is 0 Å². The quantitative estimate of drug-likeness (QED) is 0.454. The van der Waals surface area contributed by atoms with E-state index in [1.165, 1.54) is 6.33 Å². The number of nitrogens with two attached hydrogens (primary N) is 1. The molecule has 30 heavy (non-hydrogen) atoms. The molecule has 0 aliphatic heterocycles. The van der Waals surface area contributed by atoms with Crippen molar-refractivity contribution in [2.45, 2.75) is 44.9 Å². The Morgan fingerprint density at radius 2 is 2.17 bits per heavy atom. The maximum absolute atomic E-state index is 10.1. The van der Waals surface area contributed by atoms with Crippen molar-refractivity contribution in [3.8, 4) is 16.2 Å². The molecule has 2 unspecified atom stereocenters. The second-order valence-electron chi connectivity index (χ2n) is 7.94. The average molecular weight is 424 g/mol. The fraction of sp³-hybridized carbons (Fsp3) is 0.364. The van der Waals surface area contributed by atoms with Crippen LogP contribution in [0.2, 0.25) is 0 Å². The summed E-state index contributed by atoms with van der Waals surface area (Å²) in [6.45, 7) is 2.67. The number of hydrogen-bond acceptors (Lipinski definition) is 7. The normalized spacial score (nSPS) is 19.2. The minimum Gasteiger partial charge on any atom is -0.495 e. The second kappa shape index (κ2) is 7.54. The molecular weight excluding hydrogens is 398 g/mol. The number of rotatable bonds is 5. The third-order valence-electron chi connectivity index (χ3n) is 5.89. The molecule has 5 rings (SSSR count). The molecule has 1 saturated carbocycles. The number of fused-ring (bicyclic) bond motifs is 2. The molecule has 1 aliphatic rings. The molecule has 0 bridgehead atoms. The van der Waals surface area contributed by atoms with Gasteiger partial charge >= 0.3 is 0 Å². The Labute approximate surface area is 178 Å². The van der Waals surface area contributed by atoms with Crippen LogP contribution < -0.4 is 15.8 Å². The second-order valence-corrected chi connectivity index (χ2v) is 8.99. The van der Waals surface area contributed by atoms with Crippen molar-refractivity contribution >= 4 is 32.8 Å². The van der Waals surface area contributed by atoms with Crippen LogP contribution in [-0.4, -0.2) is 39.0 Å². The highest BCUT2D eigenvalue weighted by atomic mass is 32.1. The van der Waals surface area contributed by atoms with Crippen LogP contribution in [0.15, 0.2) is 30.6 Å². The van der Waals surface area contributed by atoms with Gasteiger partial charge in [0, 0.05) is 23.0 Å². The van der Waals surface area contributed by atoms with E-state index in [0.717, 1.165) is 62.3 Å². The number of aromatic nitrogens is 3. The molecule has 156 valence electrons. The molecule has 1 fully saturated rings. The van der Waals surface area contributed by atoms with Crippen LogP contribution in [0.4, 0.5) is 5.82 Å². The van der Waals surface area contributed by atoms with Crippen molar-refractivity contribution in [2.24, 2.45) is 0 Å². The highest BCUT2D eigenvalue weighted by Gasteiger charge is 2.25. The van der Waals surface area contributed by atoms with Crippen LogP contribution in [0.25, 0.3) is 26.0 Å². The molecule has 4 N–H and O–H groups in total. The number of nitrogen functional groups attached to an aromatic ring is 1. The predicted octanol–water partition coefficient (Wildman–Crippen LogP) is 3.51. The predicted molar refractivity (Wildman–Crippen MR) is 120 cm³/mol. The molecule has 0 saturated heterocycles. The molecule has 4 aromatic rings. The van der Waals surface area contributed by atoms with Crippen molar-refractivity contribution in [3.63, 3.8) is 0 Å². The molecule has 1 aliphatic carbocycles. The van der Waals surface area contributed by atoms with Gasteiger partial charge < -0.3 is 20.9 Å². The third kappa shape index (κ3) is 3.21. The lowest BCUT2D eigenvalue weighted by Crippen LogP contribution is -2.35. The zero-order valence-corrected chi connectivity index (χ0v) is 17.9. The van der Waals surface area contributed by atoms with Crippen LogP contribution in [0.3, 0.4) is 0 Å². The van der Waals surface area contributed by atoms with Gasteiger partial charge in [-0.3, -0.25) is 0 Å². The summed E-state index contributed by atoms with van der Waals surface area (Å²) in [5.74, 6) is 1.33. The molecule has 2 atom stereocenters. The number of aliphatic hydroxyl groups excluding tert-OH is 1. The molecule has 0 radical (unpaired) electrons. The fourth-order valence-corrected chi connectivity index (χ4v) is 5.56. The van der Waals surface area contributed by atoms with E-state index in [2.05, 4.69) is 46.6 Å². The molecule has 7 nitrogen and oxygen atoms in total. The van der Waals surface area contributed by atoms with E-state index < -0.39 is 0 Å². The summed E-state index contributed by atoms with van der Waals surface area (Å²) in [6, 6.07) is 8.64. The first kappa shape index (κ1) is 19.3. The molecular formula is C22H25N5O2S. The SMILES string of the molecule is COc1cc(C)cc2cc(-c3cc(CNC4CCCC4O)n4ncnc(N)c34)sc12. The van der Waals surface area contributed by atoms with E-state index in [9.17, 15) is 5.11 Å². The monoisotopic (exact) mass is 423 g/mol. The lowest BCUT2D eigenvalue weighted by atomic mass is 10.1. The largest absolute Gasteiger partial charge is 0.495 e. The number of benzene rings is 1. The van der Waals surface area contributed by atoms with Gasteiger partial charge in [-0.25, -0.2) is 9.50 Å². The Morgan fingerprint density at radius 3 is 2.93 bits per heavy atom. The summed E-state index contributed by atoms with van der Waals surface area (Å²) in [6.07, 6.45) is 4.10. The Hall–Kier alpha value is -2.68. The lowest BCUT2D eigenvalue weighted by molar-refractivity contribution is 0.148. The molecule has 8 heteroatoms. The molecule has 1 aromatic carbocycles. The summed E-state index contributed by atoms with van der Waals surface area (Å²) in [5.41, 5.74) is 10.2. The van der Waals surface area contributed by atoms with Crippen molar-refractivity contribution in [3.05, 3.63) is 41.9 Å². The number of nitrogens with one attached hydrogen (secondary N) is 1. The Kier molecular flexibility index (Phi) is 4.85. The maximum atomic E-state index is 10.1. The number of thiophene rings is 1. The van der Waals surface area contributed by atoms with Crippen molar-refractivity contribution in [1.82, 2.24) is 19.9 Å². The Morgan fingerprint density at radius 1 is 1.30 bits per heavy atom. The number of aryl methyl sites for hydroxylation is 1. The van der Waals surface area contributed by atoms with Gasteiger partial charge in [0.25, 0.3) is 0 Å². The molecule has 3 heterocycles. The van der Waals surface area contributed by atoms with Gasteiger partial charge in [-0.1, -0.05) is 6.07 Å². The number of ether oxygens (including phenoxy) is 1. The molecule has 0 amide bonds. The summed E-state index contributed by atoms with van der Waals surface area (Å²) in [4.78, 5) is 5.32. The minimum absolute atomic E-state index is 0.120. The van der Waals surface area contributed by atoms with Crippen molar-refractivity contribution in [1.29, 1.82) is 0 Å². The fourth-order valence-electron chi connectivity index (χ4n) is 4.41. The number of methoxy groups -OCH3 is 1. The summed E-state index contributed by atoms with van der Waals surface area (Å²) >= 11 is 1.68. The zero-order chi connectivity index (χ0) is 20.8.